The summed E-state index contributed by atoms with van der Waals surface area (Å²) >= 11 is 0. The largest absolute Gasteiger partial charge is 0.461 e. The number of carbonyl (C=O) groups is 3. The molecule has 5 aliphatic carbocycles. The van der Waals surface area contributed by atoms with Crippen LogP contribution in [0.1, 0.15) is 56.3 Å². The number of fused-ring (bicyclic) bond motifs is 2. The lowest BCUT2D eigenvalue weighted by molar-refractivity contribution is -0.320. The van der Waals surface area contributed by atoms with E-state index in [0.29, 0.717) is 25.9 Å². The monoisotopic (exact) mass is 682 g/mol. The van der Waals surface area contributed by atoms with E-state index in [1.807, 2.05) is 0 Å². The summed E-state index contributed by atoms with van der Waals surface area (Å²) in [5, 5.41) is 26.6. The molecule has 2 amide bonds. The van der Waals surface area contributed by atoms with E-state index in [4.69, 9.17) is 23.7 Å². The number of para-hydroxylation sites is 1. The third-order valence-corrected chi connectivity index (χ3v) is 14.5. The Morgan fingerprint density at radius 1 is 1.04 bits per heavy atom. The second kappa shape index (κ2) is 11.3. The SMILES string of the molecule is CCN1C[C@]2(COC(=O)c3ccccc3N3C(=O)CC(C)C3=O)CC[C@H](OC)[C@@]34C5C[C@H]6C(OC)C5[C@](O)(C[C@@H]6OC)[C@](O)(C(OC)C23)[C@H]14. The number of benzene rings is 1. The Bertz CT molecular complexity index is 1560. The lowest BCUT2D eigenvalue weighted by Gasteiger charge is -2.70. The van der Waals surface area contributed by atoms with Crippen LogP contribution in [0.2, 0.25) is 0 Å². The van der Waals surface area contributed by atoms with E-state index < -0.39 is 46.1 Å². The average molecular weight is 683 g/mol. The van der Waals surface area contributed by atoms with Crippen LogP contribution in [0.5, 0.6) is 0 Å². The zero-order valence-corrected chi connectivity index (χ0v) is 29.3. The van der Waals surface area contributed by atoms with Gasteiger partial charge < -0.3 is 33.9 Å². The molecule has 2 saturated heterocycles. The van der Waals surface area contributed by atoms with E-state index in [1.54, 1.807) is 59.6 Å². The van der Waals surface area contributed by atoms with Crippen LogP contribution in [0.4, 0.5) is 5.69 Å². The number of amides is 2. The van der Waals surface area contributed by atoms with Crippen LogP contribution in [0.3, 0.4) is 0 Å². The highest BCUT2D eigenvalue weighted by Crippen LogP contribution is 2.80. The number of imide groups is 1. The molecule has 2 N–H and O–H groups in total. The molecular formula is C37H50N2O10. The number of ether oxygens (including phenoxy) is 5. The number of anilines is 1. The van der Waals surface area contributed by atoms with Crippen molar-refractivity contribution < 1.29 is 48.3 Å². The van der Waals surface area contributed by atoms with Crippen LogP contribution in [-0.4, -0.2) is 123 Å². The average Bonchev–Trinajstić information content (AvgIpc) is 3.63. The van der Waals surface area contributed by atoms with Gasteiger partial charge in [-0.2, -0.15) is 0 Å². The van der Waals surface area contributed by atoms with Gasteiger partial charge in [-0.1, -0.05) is 26.0 Å². The summed E-state index contributed by atoms with van der Waals surface area (Å²) in [4.78, 5) is 43.3. The second-order valence-electron chi connectivity index (χ2n) is 16.0. The van der Waals surface area contributed by atoms with Gasteiger partial charge in [0.25, 0.3) is 0 Å². The van der Waals surface area contributed by atoms with Crippen molar-refractivity contribution >= 4 is 23.5 Å². The maximum Gasteiger partial charge on any atom is 0.340 e. The van der Waals surface area contributed by atoms with Crippen LogP contribution in [0.15, 0.2) is 24.3 Å². The molecule has 2 aliphatic heterocycles. The summed E-state index contributed by atoms with van der Waals surface area (Å²) in [5.41, 5.74) is -4.17. The number of rotatable bonds is 9. The van der Waals surface area contributed by atoms with Gasteiger partial charge >= 0.3 is 5.97 Å². The molecular weight excluding hydrogens is 632 g/mol. The van der Waals surface area contributed by atoms with E-state index >= 15 is 0 Å². The normalized spacial score (nSPS) is 48.0. The van der Waals surface area contributed by atoms with Crippen molar-refractivity contribution in [3.8, 4) is 0 Å². The molecule has 2 heterocycles. The van der Waals surface area contributed by atoms with Gasteiger partial charge in [0.2, 0.25) is 11.8 Å². The van der Waals surface area contributed by atoms with Crippen molar-refractivity contribution in [1.29, 1.82) is 0 Å². The molecule has 8 rings (SSSR count). The Morgan fingerprint density at radius 2 is 1.80 bits per heavy atom. The molecule has 49 heavy (non-hydrogen) atoms. The number of likely N-dealkylation sites (N-methyl/N-ethyl adjacent to an activating group) is 1. The first kappa shape index (κ1) is 33.7. The predicted molar refractivity (Wildman–Crippen MR) is 174 cm³/mol. The third kappa shape index (κ3) is 3.86. The van der Waals surface area contributed by atoms with Gasteiger partial charge in [-0.3, -0.25) is 14.5 Å². The van der Waals surface area contributed by atoms with Crippen molar-refractivity contribution in [2.75, 3.05) is 53.0 Å². The third-order valence-electron chi connectivity index (χ3n) is 14.5. The van der Waals surface area contributed by atoms with Gasteiger partial charge in [-0.15, -0.1) is 0 Å². The summed E-state index contributed by atoms with van der Waals surface area (Å²) < 4.78 is 31.4. The van der Waals surface area contributed by atoms with Crippen LogP contribution >= 0.6 is 0 Å². The molecule has 1 aromatic carbocycles. The first-order valence-corrected chi connectivity index (χ1v) is 17.9. The van der Waals surface area contributed by atoms with Gasteiger partial charge in [0.15, 0.2) is 0 Å². The second-order valence-corrected chi connectivity index (χ2v) is 16.0. The molecule has 7 aliphatic rings. The lowest BCUT2D eigenvalue weighted by Crippen LogP contribution is -2.82. The molecule has 7 bridgehead atoms. The highest BCUT2D eigenvalue weighted by molar-refractivity contribution is 6.22. The first-order valence-electron chi connectivity index (χ1n) is 17.9. The first-order chi connectivity index (χ1) is 23.4. The molecule has 7 fully saturated rings. The number of likely N-dealkylation sites (tertiary alicyclic amines) is 1. The maximum absolute atomic E-state index is 14.1. The summed E-state index contributed by atoms with van der Waals surface area (Å²) in [6.07, 6.45) is 0.813. The van der Waals surface area contributed by atoms with Crippen molar-refractivity contribution in [1.82, 2.24) is 4.90 Å². The van der Waals surface area contributed by atoms with Gasteiger partial charge in [-0.05, 0) is 43.9 Å². The van der Waals surface area contributed by atoms with Crippen molar-refractivity contribution in [2.45, 2.75) is 87.6 Å². The highest BCUT2D eigenvalue weighted by atomic mass is 16.5. The molecule has 12 heteroatoms. The molecule has 1 spiro atoms. The zero-order chi connectivity index (χ0) is 34.8. The van der Waals surface area contributed by atoms with Crippen molar-refractivity contribution in [2.24, 2.45) is 40.4 Å². The minimum absolute atomic E-state index is 0.0358. The molecule has 6 unspecified atom stereocenters. The van der Waals surface area contributed by atoms with Gasteiger partial charge in [-0.25, -0.2) is 9.69 Å². The fourth-order valence-electron chi connectivity index (χ4n) is 13.2. The summed E-state index contributed by atoms with van der Waals surface area (Å²) in [6, 6.07) is 6.12. The van der Waals surface area contributed by atoms with Gasteiger partial charge in [0, 0.05) is 82.3 Å². The maximum atomic E-state index is 14.1. The van der Waals surface area contributed by atoms with Gasteiger partial charge in [0.1, 0.15) is 11.2 Å². The van der Waals surface area contributed by atoms with Crippen molar-refractivity contribution in [3.63, 3.8) is 0 Å². The minimum atomic E-state index is -1.70. The Kier molecular flexibility index (Phi) is 7.75. The number of piperidine rings is 1. The number of hydrogen-bond acceptors (Lipinski definition) is 11. The minimum Gasteiger partial charge on any atom is -0.461 e. The number of aliphatic hydroxyl groups is 2. The number of carbonyl (C=O) groups excluding carboxylic acids is 3. The van der Waals surface area contributed by atoms with Crippen molar-refractivity contribution in [3.05, 3.63) is 29.8 Å². The molecule has 268 valence electrons. The summed E-state index contributed by atoms with van der Waals surface area (Å²) in [7, 11) is 6.70. The van der Waals surface area contributed by atoms with Crippen LogP contribution in [-0.2, 0) is 33.3 Å². The molecule has 1 aromatic rings. The smallest absolute Gasteiger partial charge is 0.340 e. The van der Waals surface area contributed by atoms with E-state index in [2.05, 4.69) is 11.8 Å². The van der Waals surface area contributed by atoms with E-state index in [9.17, 15) is 24.6 Å². The predicted octanol–water partition coefficient (Wildman–Crippen LogP) is 2.04. The van der Waals surface area contributed by atoms with E-state index in [-0.39, 0.29) is 84.5 Å². The standard InChI is InChI=1S/C37H50N2O10/c1-7-38-17-34(18-49-32(42)20-10-8-9-11-23(20)39-26(40)14-19(2)31(39)41)13-12-25(46-4)36-22-15-21-24(45-3)16-35(43,27(22)28(21)47-5)37(44,33(36)38)30(48-6)29(34)36/h8-11,19,21-22,24-25,27-30,33,43-44H,7,12-18H2,1-6H3/t19?,21-,22?,24+,25+,27?,28?,29?,30?,33-,34+,35-,36+,37+/m1/s1. The Balaban J connectivity index is 1.23. The van der Waals surface area contributed by atoms with E-state index in [1.165, 1.54) is 0 Å². The Hall–Kier alpha value is -2.45. The molecule has 5 saturated carbocycles. The van der Waals surface area contributed by atoms with Gasteiger partial charge in [0.05, 0.1) is 48.3 Å². The Morgan fingerprint density at radius 3 is 2.43 bits per heavy atom. The Labute approximate surface area is 287 Å². The molecule has 0 aromatic heterocycles. The fraction of sp³-hybridized carbons (Fsp3) is 0.757. The quantitative estimate of drug-likeness (QED) is 0.292. The van der Waals surface area contributed by atoms with E-state index in [0.717, 1.165) is 11.3 Å². The fourth-order valence-corrected chi connectivity index (χ4v) is 13.2. The lowest BCUT2D eigenvalue weighted by atomic mass is 9.42. The number of hydrogen-bond donors (Lipinski definition) is 2. The van der Waals surface area contributed by atoms with Crippen LogP contribution in [0, 0.1) is 40.4 Å². The van der Waals surface area contributed by atoms with Crippen LogP contribution < -0.4 is 4.90 Å². The molecule has 0 radical (unpaired) electrons. The number of methoxy groups -OCH3 is 4. The molecule has 14 atom stereocenters. The number of nitrogens with zero attached hydrogens (tertiary/aromatic N) is 2. The molecule has 12 nitrogen and oxygen atoms in total. The number of esters is 1. The zero-order valence-electron chi connectivity index (χ0n) is 29.3. The topological polar surface area (TPSA) is 144 Å². The summed E-state index contributed by atoms with van der Waals surface area (Å²) in [6.45, 7) is 4.95. The summed E-state index contributed by atoms with van der Waals surface area (Å²) in [5.74, 6) is -2.47. The van der Waals surface area contributed by atoms with Crippen LogP contribution in [0.25, 0.3) is 0 Å². The highest BCUT2D eigenvalue weighted by Gasteiger charge is 2.91.